The fourth-order valence-corrected chi connectivity index (χ4v) is 3.65. The van der Waals surface area contributed by atoms with E-state index >= 15 is 0 Å². The van der Waals surface area contributed by atoms with Gasteiger partial charge in [-0.25, -0.2) is 0 Å². The van der Waals surface area contributed by atoms with Gasteiger partial charge in [0.2, 0.25) is 0 Å². The van der Waals surface area contributed by atoms with E-state index in [2.05, 4.69) is 15.5 Å². The molecule has 0 aliphatic heterocycles. The van der Waals surface area contributed by atoms with Gasteiger partial charge in [0.1, 0.15) is 0 Å². The quantitative estimate of drug-likeness (QED) is 0.500. The molecule has 0 saturated heterocycles. The molecule has 2 aromatic carbocycles. The van der Waals surface area contributed by atoms with E-state index in [1.165, 1.54) is 16.7 Å². The number of nitrogens with zero attached hydrogens (tertiary/aromatic N) is 2. The van der Waals surface area contributed by atoms with Gasteiger partial charge in [0, 0.05) is 23.3 Å². The number of H-pyrrole nitrogens is 1. The van der Waals surface area contributed by atoms with E-state index in [1.54, 1.807) is 32.2 Å². The highest BCUT2D eigenvalue weighted by molar-refractivity contribution is 5.96. The average molecular weight is 412 g/mol. The van der Waals surface area contributed by atoms with Crippen LogP contribution in [-0.4, -0.2) is 20.7 Å². The molecule has 2 N–H and O–H groups in total. The first-order chi connectivity index (χ1) is 14.3. The van der Waals surface area contributed by atoms with Crippen LogP contribution in [0.2, 0.25) is 0 Å². The summed E-state index contributed by atoms with van der Waals surface area (Å²) in [7, 11) is 0. The molecule has 0 aliphatic carbocycles. The first-order valence-corrected chi connectivity index (χ1v) is 9.31. The lowest BCUT2D eigenvalue weighted by Crippen LogP contribution is -2.23. The summed E-state index contributed by atoms with van der Waals surface area (Å²) in [5.74, 6) is -0.342. The highest BCUT2D eigenvalue weighted by atomic mass is 19.4. The molecule has 0 spiro atoms. The van der Waals surface area contributed by atoms with E-state index < -0.39 is 11.7 Å². The second kappa shape index (κ2) is 7.37. The van der Waals surface area contributed by atoms with Gasteiger partial charge >= 0.3 is 6.18 Å². The van der Waals surface area contributed by atoms with Crippen LogP contribution in [0.3, 0.4) is 0 Å². The standard InChI is InChI=1S/C22H19F3N4O/c1-13-9-17(14(2)29(13)20-6-4-3-5-18(20)22(23,24)25)21(30)26-11-15-7-8-19-16(10-15)12-27-28-19/h3-10,12H,11H2,1-2H3,(H,26,30)(H,27,28). The lowest BCUT2D eigenvalue weighted by atomic mass is 10.1. The molecule has 4 rings (SSSR count). The second-order valence-electron chi connectivity index (χ2n) is 7.11. The summed E-state index contributed by atoms with van der Waals surface area (Å²) >= 11 is 0. The number of rotatable bonds is 4. The Morgan fingerprint density at radius 3 is 2.67 bits per heavy atom. The van der Waals surface area contributed by atoms with Crippen LogP contribution < -0.4 is 5.32 Å². The van der Waals surface area contributed by atoms with Crippen LogP contribution in [-0.2, 0) is 12.7 Å². The molecule has 2 aromatic heterocycles. The van der Waals surface area contributed by atoms with Gasteiger partial charge in [-0.2, -0.15) is 18.3 Å². The zero-order valence-electron chi connectivity index (χ0n) is 16.3. The summed E-state index contributed by atoms with van der Waals surface area (Å²) in [4.78, 5) is 12.8. The topological polar surface area (TPSA) is 62.7 Å². The van der Waals surface area contributed by atoms with Gasteiger partial charge in [0.15, 0.2) is 0 Å². The normalized spacial score (nSPS) is 11.8. The lowest BCUT2D eigenvalue weighted by molar-refractivity contribution is -0.137. The van der Waals surface area contributed by atoms with E-state index in [0.717, 1.165) is 22.5 Å². The predicted molar refractivity (Wildman–Crippen MR) is 108 cm³/mol. The Hall–Kier alpha value is -3.55. The van der Waals surface area contributed by atoms with Crippen molar-refractivity contribution in [3.05, 3.63) is 82.8 Å². The number of aromatic nitrogens is 3. The molecule has 4 aromatic rings. The molecule has 0 atom stereocenters. The van der Waals surface area contributed by atoms with Gasteiger partial charge in [-0.15, -0.1) is 0 Å². The molecule has 0 fully saturated rings. The van der Waals surface area contributed by atoms with Crippen LogP contribution in [0.4, 0.5) is 13.2 Å². The largest absolute Gasteiger partial charge is 0.418 e. The van der Waals surface area contributed by atoms with E-state index in [1.807, 2.05) is 18.2 Å². The van der Waals surface area contributed by atoms with Crippen molar-refractivity contribution >= 4 is 16.8 Å². The van der Waals surface area contributed by atoms with E-state index in [-0.39, 0.29) is 11.6 Å². The van der Waals surface area contributed by atoms with Crippen molar-refractivity contribution in [3.63, 3.8) is 0 Å². The molecule has 8 heteroatoms. The molecule has 0 saturated carbocycles. The zero-order chi connectivity index (χ0) is 21.5. The molecular weight excluding hydrogens is 393 g/mol. The number of alkyl halides is 3. The Balaban J connectivity index is 1.61. The number of carbonyl (C=O) groups is 1. The minimum Gasteiger partial charge on any atom is -0.348 e. The molecule has 2 heterocycles. The molecule has 154 valence electrons. The van der Waals surface area contributed by atoms with Crippen molar-refractivity contribution in [2.24, 2.45) is 0 Å². The van der Waals surface area contributed by atoms with Crippen LogP contribution in [0.1, 0.15) is 32.9 Å². The Bertz CT molecular complexity index is 1240. The third-order valence-electron chi connectivity index (χ3n) is 5.08. The highest BCUT2D eigenvalue weighted by Crippen LogP contribution is 2.35. The van der Waals surface area contributed by atoms with E-state index in [9.17, 15) is 18.0 Å². The van der Waals surface area contributed by atoms with Gasteiger partial charge in [-0.1, -0.05) is 18.2 Å². The summed E-state index contributed by atoms with van der Waals surface area (Å²) in [6.07, 6.45) is -2.79. The minimum atomic E-state index is -4.49. The lowest BCUT2D eigenvalue weighted by Gasteiger charge is -2.16. The monoisotopic (exact) mass is 412 g/mol. The number of benzene rings is 2. The number of halogens is 3. The highest BCUT2D eigenvalue weighted by Gasteiger charge is 2.34. The molecule has 0 radical (unpaired) electrons. The summed E-state index contributed by atoms with van der Waals surface area (Å²) < 4.78 is 41.8. The zero-order valence-corrected chi connectivity index (χ0v) is 16.3. The Kier molecular flexibility index (Phi) is 4.85. The molecule has 0 unspecified atom stereocenters. The molecule has 1 amide bonds. The maximum Gasteiger partial charge on any atom is 0.418 e. The number of aryl methyl sites for hydroxylation is 1. The summed E-state index contributed by atoms with van der Waals surface area (Å²) in [5, 5.41) is 10.6. The van der Waals surface area contributed by atoms with Gasteiger partial charge in [0.25, 0.3) is 5.91 Å². The van der Waals surface area contributed by atoms with Crippen molar-refractivity contribution < 1.29 is 18.0 Å². The summed E-state index contributed by atoms with van der Waals surface area (Å²) in [5.41, 5.74) is 2.40. The number of fused-ring (bicyclic) bond motifs is 1. The maximum atomic E-state index is 13.5. The second-order valence-corrected chi connectivity index (χ2v) is 7.11. The van der Waals surface area contributed by atoms with Crippen LogP contribution in [0.25, 0.3) is 16.6 Å². The van der Waals surface area contributed by atoms with Crippen molar-refractivity contribution in [2.75, 3.05) is 0 Å². The first kappa shape index (κ1) is 19.8. The summed E-state index contributed by atoms with van der Waals surface area (Å²) in [6.45, 7) is 3.62. The molecular formula is C22H19F3N4O. The number of aromatic amines is 1. The number of hydrogen-bond donors (Lipinski definition) is 2. The van der Waals surface area contributed by atoms with Crippen LogP contribution in [0.5, 0.6) is 0 Å². The van der Waals surface area contributed by atoms with E-state index in [0.29, 0.717) is 23.5 Å². The maximum absolute atomic E-state index is 13.5. The van der Waals surface area contributed by atoms with Gasteiger partial charge in [0.05, 0.1) is 28.5 Å². The van der Waals surface area contributed by atoms with Crippen molar-refractivity contribution in [1.29, 1.82) is 0 Å². The number of amides is 1. The average Bonchev–Trinajstić information content (AvgIpc) is 3.29. The Morgan fingerprint density at radius 2 is 1.90 bits per heavy atom. The van der Waals surface area contributed by atoms with E-state index in [4.69, 9.17) is 0 Å². The SMILES string of the molecule is Cc1cc(C(=O)NCc2ccc3[nH]ncc3c2)c(C)n1-c1ccccc1C(F)(F)F. The van der Waals surface area contributed by atoms with Gasteiger partial charge in [-0.05, 0) is 49.7 Å². The van der Waals surface area contributed by atoms with Crippen LogP contribution in [0, 0.1) is 13.8 Å². The third kappa shape index (κ3) is 3.56. The number of nitrogens with one attached hydrogen (secondary N) is 2. The number of hydrogen-bond acceptors (Lipinski definition) is 2. The number of carbonyl (C=O) groups excluding carboxylic acids is 1. The summed E-state index contributed by atoms with van der Waals surface area (Å²) in [6, 6.07) is 12.6. The number of para-hydroxylation sites is 1. The fourth-order valence-electron chi connectivity index (χ4n) is 3.65. The predicted octanol–water partition coefficient (Wildman–Crippen LogP) is 4.92. The molecule has 30 heavy (non-hydrogen) atoms. The van der Waals surface area contributed by atoms with Crippen molar-refractivity contribution in [3.8, 4) is 5.69 Å². The third-order valence-corrected chi connectivity index (χ3v) is 5.08. The van der Waals surface area contributed by atoms with Crippen molar-refractivity contribution in [2.45, 2.75) is 26.6 Å². The van der Waals surface area contributed by atoms with Crippen molar-refractivity contribution in [1.82, 2.24) is 20.1 Å². The Morgan fingerprint density at radius 1 is 1.13 bits per heavy atom. The van der Waals surface area contributed by atoms with Crippen LogP contribution >= 0.6 is 0 Å². The van der Waals surface area contributed by atoms with Gasteiger partial charge < -0.3 is 9.88 Å². The molecule has 0 bridgehead atoms. The molecule has 0 aliphatic rings. The van der Waals surface area contributed by atoms with Crippen LogP contribution in [0.15, 0.2) is 54.7 Å². The van der Waals surface area contributed by atoms with Gasteiger partial charge in [-0.3, -0.25) is 9.89 Å². The molecule has 5 nitrogen and oxygen atoms in total. The minimum absolute atomic E-state index is 0.00413. The smallest absolute Gasteiger partial charge is 0.348 e. The first-order valence-electron chi connectivity index (χ1n) is 9.31. The Labute approximate surface area is 170 Å². The fraction of sp³-hybridized carbons (Fsp3) is 0.182.